The van der Waals surface area contributed by atoms with E-state index in [1.165, 1.54) is 29.5 Å². The number of carbonyl (C=O) groups is 1. The van der Waals surface area contributed by atoms with Gasteiger partial charge in [0.15, 0.2) is 11.6 Å². The summed E-state index contributed by atoms with van der Waals surface area (Å²) in [4.78, 5) is 23.8. The number of nitrogens with zero attached hydrogens (tertiary/aromatic N) is 3. The molecule has 0 spiro atoms. The molecule has 0 aliphatic heterocycles. The SMILES string of the molecule is C=C(/C=C\C=CCC)C(N)=NC=NC(=O)/C=C(/COc1ccc(-c2cscn2)cc1F)NC. The Bertz CT molecular complexity index is 1100. The van der Waals surface area contributed by atoms with Crippen molar-refractivity contribution in [3.8, 4) is 17.0 Å². The number of amides is 1. The first-order valence-corrected chi connectivity index (χ1v) is 11.0. The number of benzene rings is 1. The lowest BCUT2D eigenvalue weighted by molar-refractivity contribution is -0.113. The summed E-state index contributed by atoms with van der Waals surface area (Å²) in [6.45, 7) is 5.77. The molecule has 0 radical (unpaired) electrons. The number of aliphatic imine (C=N–C) groups is 2. The van der Waals surface area contributed by atoms with Crippen LogP contribution in [0.4, 0.5) is 4.39 Å². The summed E-state index contributed by atoms with van der Waals surface area (Å²) in [6.07, 6.45) is 10.6. The van der Waals surface area contributed by atoms with Gasteiger partial charge in [0.2, 0.25) is 0 Å². The van der Waals surface area contributed by atoms with Crippen LogP contribution < -0.4 is 15.8 Å². The number of nitrogens with two attached hydrogens (primary N) is 1. The van der Waals surface area contributed by atoms with E-state index in [-0.39, 0.29) is 18.2 Å². The average Bonchev–Trinajstić information content (AvgIpc) is 3.35. The first-order valence-electron chi connectivity index (χ1n) is 10.1. The summed E-state index contributed by atoms with van der Waals surface area (Å²) in [6, 6.07) is 4.60. The molecule has 0 atom stereocenters. The minimum Gasteiger partial charge on any atom is -0.484 e. The molecule has 1 aromatic heterocycles. The van der Waals surface area contributed by atoms with E-state index < -0.39 is 11.7 Å². The van der Waals surface area contributed by atoms with Crippen molar-refractivity contribution >= 4 is 29.4 Å². The van der Waals surface area contributed by atoms with Crippen molar-refractivity contribution in [1.82, 2.24) is 10.3 Å². The molecular formula is C24H26FN5O2S. The lowest BCUT2D eigenvalue weighted by Crippen LogP contribution is -2.16. The van der Waals surface area contributed by atoms with Crippen molar-refractivity contribution in [1.29, 1.82) is 0 Å². The summed E-state index contributed by atoms with van der Waals surface area (Å²) in [5, 5.41) is 4.66. The predicted molar refractivity (Wildman–Crippen MR) is 133 cm³/mol. The molecule has 2 aromatic rings. The molecule has 0 saturated carbocycles. The molecule has 0 aliphatic rings. The van der Waals surface area contributed by atoms with Gasteiger partial charge in [0.25, 0.3) is 5.91 Å². The Morgan fingerprint density at radius 3 is 2.88 bits per heavy atom. The zero-order valence-electron chi connectivity index (χ0n) is 18.5. The fourth-order valence-corrected chi connectivity index (χ4v) is 2.92. The van der Waals surface area contributed by atoms with E-state index in [4.69, 9.17) is 10.5 Å². The van der Waals surface area contributed by atoms with Gasteiger partial charge in [0.1, 0.15) is 18.8 Å². The van der Waals surface area contributed by atoms with Crippen molar-refractivity contribution in [3.63, 3.8) is 0 Å². The summed E-state index contributed by atoms with van der Waals surface area (Å²) < 4.78 is 19.9. The number of hydrogen-bond acceptors (Lipinski definition) is 5. The highest BCUT2D eigenvalue weighted by Gasteiger charge is 2.09. The quantitative estimate of drug-likeness (QED) is 0.220. The lowest BCUT2D eigenvalue weighted by atomic mass is 10.1. The number of halogens is 1. The molecule has 172 valence electrons. The van der Waals surface area contributed by atoms with E-state index in [9.17, 15) is 9.18 Å². The number of nitrogens with one attached hydrogen (secondary N) is 1. The van der Waals surface area contributed by atoms with Crippen LogP contribution in [0, 0.1) is 5.82 Å². The molecule has 1 aromatic carbocycles. The van der Waals surface area contributed by atoms with Crippen LogP contribution in [-0.4, -0.2) is 36.7 Å². The minimum absolute atomic E-state index is 0.0526. The predicted octanol–water partition coefficient (Wildman–Crippen LogP) is 4.42. The zero-order chi connectivity index (χ0) is 24.1. The molecular weight excluding hydrogens is 441 g/mol. The van der Waals surface area contributed by atoms with Crippen molar-refractivity contribution in [2.45, 2.75) is 13.3 Å². The van der Waals surface area contributed by atoms with Crippen LogP contribution in [0.1, 0.15) is 13.3 Å². The molecule has 3 N–H and O–H groups in total. The fourth-order valence-electron chi connectivity index (χ4n) is 2.36. The van der Waals surface area contributed by atoms with Crippen LogP contribution in [0.15, 0.2) is 87.3 Å². The summed E-state index contributed by atoms with van der Waals surface area (Å²) in [5.74, 6) is -0.898. The molecule has 0 fully saturated rings. The van der Waals surface area contributed by atoms with Crippen LogP contribution in [0.25, 0.3) is 11.3 Å². The van der Waals surface area contributed by atoms with Crippen LogP contribution in [-0.2, 0) is 4.79 Å². The number of aromatic nitrogens is 1. The second kappa shape index (κ2) is 13.5. The molecule has 1 amide bonds. The molecule has 0 unspecified atom stereocenters. The number of rotatable bonds is 11. The van der Waals surface area contributed by atoms with E-state index in [1.54, 1.807) is 30.8 Å². The van der Waals surface area contributed by atoms with Gasteiger partial charge in [-0.25, -0.2) is 14.4 Å². The zero-order valence-corrected chi connectivity index (χ0v) is 19.3. The highest BCUT2D eigenvalue weighted by atomic mass is 32.1. The highest BCUT2D eigenvalue weighted by Crippen LogP contribution is 2.25. The van der Waals surface area contributed by atoms with Gasteiger partial charge in [-0.05, 0) is 24.6 Å². The Balaban J connectivity index is 1.94. The molecule has 33 heavy (non-hydrogen) atoms. The molecule has 7 nitrogen and oxygen atoms in total. The smallest absolute Gasteiger partial charge is 0.273 e. The second-order valence-electron chi connectivity index (χ2n) is 6.55. The van der Waals surface area contributed by atoms with Crippen molar-refractivity contribution < 1.29 is 13.9 Å². The number of ether oxygens (including phenoxy) is 1. The molecule has 0 bridgehead atoms. The summed E-state index contributed by atoms with van der Waals surface area (Å²) in [5.41, 5.74) is 9.74. The largest absolute Gasteiger partial charge is 0.484 e. The Labute approximate surface area is 196 Å². The minimum atomic E-state index is -0.578. The van der Waals surface area contributed by atoms with Gasteiger partial charge in [-0.2, -0.15) is 4.99 Å². The molecule has 0 saturated heterocycles. The maximum Gasteiger partial charge on any atom is 0.273 e. The molecule has 9 heteroatoms. The van der Waals surface area contributed by atoms with Crippen molar-refractivity contribution in [2.75, 3.05) is 13.7 Å². The second-order valence-corrected chi connectivity index (χ2v) is 7.26. The third-order valence-electron chi connectivity index (χ3n) is 4.15. The van der Waals surface area contributed by atoms with E-state index in [1.807, 2.05) is 24.5 Å². The van der Waals surface area contributed by atoms with Gasteiger partial charge in [-0.15, -0.1) is 11.3 Å². The fraction of sp³-hybridized carbons (Fsp3) is 0.167. The first kappa shape index (κ1) is 25.4. The Morgan fingerprint density at radius 1 is 1.39 bits per heavy atom. The van der Waals surface area contributed by atoms with Crippen LogP contribution in [0.3, 0.4) is 0 Å². The first-order chi connectivity index (χ1) is 15.9. The normalized spacial score (nSPS) is 12.7. The summed E-state index contributed by atoms with van der Waals surface area (Å²) in [7, 11) is 1.62. The van der Waals surface area contributed by atoms with E-state index in [2.05, 4.69) is 26.9 Å². The van der Waals surface area contributed by atoms with E-state index in [0.717, 1.165) is 12.8 Å². The van der Waals surface area contributed by atoms with Gasteiger partial charge < -0.3 is 15.8 Å². The van der Waals surface area contributed by atoms with Gasteiger partial charge >= 0.3 is 0 Å². The topological polar surface area (TPSA) is 102 Å². The standard InChI is InChI=1S/C24H26FN5O2S/c1-4-5-6-7-8-17(2)24(26)29-15-28-23(31)12-19(27-3)13-32-22-10-9-18(11-20(22)25)21-14-33-16-30-21/h5-12,14-16,27H,2,4,13H2,1,3H3,(H2,26,28,29,31)/b6-5?,8-7-,19-12-. The number of thiazole rings is 1. The van der Waals surface area contributed by atoms with E-state index >= 15 is 0 Å². The number of allylic oxidation sites excluding steroid dienone is 3. The number of hydrogen-bond donors (Lipinski definition) is 2. The number of likely N-dealkylation sites (N-methyl/N-ethyl adjacent to an activating group) is 1. The Hall–Kier alpha value is -3.85. The van der Waals surface area contributed by atoms with Crippen LogP contribution >= 0.6 is 11.3 Å². The number of carbonyl (C=O) groups excluding carboxylic acids is 1. The maximum atomic E-state index is 14.4. The molecule has 1 heterocycles. The molecule has 2 rings (SSSR count). The van der Waals surface area contributed by atoms with Crippen LogP contribution in [0.5, 0.6) is 5.75 Å². The van der Waals surface area contributed by atoms with Crippen molar-refractivity contribution in [3.05, 3.63) is 83.1 Å². The van der Waals surface area contributed by atoms with Gasteiger partial charge in [0, 0.05) is 29.6 Å². The van der Waals surface area contributed by atoms with Gasteiger partial charge in [-0.1, -0.05) is 37.8 Å². The number of amidine groups is 1. The third kappa shape index (κ3) is 8.66. The van der Waals surface area contributed by atoms with Crippen molar-refractivity contribution in [2.24, 2.45) is 15.7 Å². The monoisotopic (exact) mass is 467 g/mol. The average molecular weight is 468 g/mol. The summed E-state index contributed by atoms with van der Waals surface area (Å²) >= 11 is 1.43. The van der Waals surface area contributed by atoms with Gasteiger partial charge in [-0.3, -0.25) is 4.79 Å². The molecule has 0 aliphatic carbocycles. The Morgan fingerprint density at radius 2 is 2.21 bits per heavy atom. The van der Waals surface area contributed by atoms with Crippen LogP contribution in [0.2, 0.25) is 0 Å². The third-order valence-corrected chi connectivity index (χ3v) is 4.74. The maximum absolute atomic E-state index is 14.4. The van der Waals surface area contributed by atoms with E-state index in [0.29, 0.717) is 22.5 Å². The van der Waals surface area contributed by atoms with Gasteiger partial charge in [0.05, 0.1) is 16.9 Å². The lowest BCUT2D eigenvalue weighted by Gasteiger charge is -2.10. The Kier molecular flexibility index (Phi) is 10.4. The highest BCUT2D eigenvalue weighted by molar-refractivity contribution is 7.07.